The van der Waals surface area contributed by atoms with Crippen LogP contribution in [0, 0.1) is 0 Å². The first-order valence-corrected chi connectivity index (χ1v) is 11.1. The van der Waals surface area contributed by atoms with Gasteiger partial charge in [0.2, 0.25) is 10.0 Å². The van der Waals surface area contributed by atoms with Crippen molar-refractivity contribution in [1.82, 2.24) is 5.32 Å². The molecule has 1 unspecified atom stereocenters. The number of carbonyl (C=O) groups excluding carboxylic acids is 2. The van der Waals surface area contributed by atoms with Gasteiger partial charge in [0.25, 0.3) is 5.91 Å². The van der Waals surface area contributed by atoms with Crippen LogP contribution in [0.25, 0.3) is 0 Å². The summed E-state index contributed by atoms with van der Waals surface area (Å²) in [6, 6.07) is 15.1. The van der Waals surface area contributed by atoms with Gasteiger partial charge in [0, 0.05) is 12.1 Å². The summed E-state index contributed by atoms with van der Waals surface area (Å²) in [5, 5.41) is 2.87. The molecule has 0 aromatic heterocycles. The third kappa shape index (κ3) is 5.14. The number of rotatable bonds is 7. The van der Waals surface area contributed by atoms with E-state index in [2.05, 4.69) is 5.32 Å². The van der Waals surface area contributed by atoms with E-state index < -0.39 is 22.0 Å². The Morgan fingerprint density at radius 3 is 2.38 bits per heavy atom. The van der Waals surface area contributed by atoms with Gasteiger partial charge < -0.3 is 10.1 Å². The Bertz CT molecular complexity index is 958. The highest BCUT2D eigenvalue weighted by Gasteiger charge is 2.28. The van der Waals surface area contributed by atoms with Crippen molar-refractivity contribution in [3.05, 3.63) is 65.7 Å². The molecule has 0 saturated carbocycles. The Morgan fingerprint density at radius 1 is 1.10 bits per heavy atom. The summed E-state index contributed by atoms with van der Waals surface area (Å²) in [6.07, 6.45) is 0.616. The number of nitrogens with zero attached hydrogens (tertiary/aromatic N) is 1. The molecule has 29 heavy (non-hydrogen) atoms. The summed E-state index contributed by atoms with van der Waals surface area (Å²) in [4.78, 5) is 24.7. The van der Waals surface area contributed by atoms with Crippen LogP contribution in [0.4, 0.5) is 5.69 Å². The van der Waals surface area contributed by atoms with Crippen molar-refractivity contribution < 1.29 is 22.7 Å². The number of sulfonamides is 1. The second-order valence-electron chi connectivity index (χ2n) is 6.73. The van der Waals surface area contributed by atoms with Crippen LogP contribution in [0.2, 0.25) is 0 Å². The Hall–Kier alpha value is -2.87. The summed E-state index contributed by atoms with van der Waals surface area (Å²) < 4.78 is 30.5. The lowest BCUT2D eigenvalue weighted by molar-refractivity contribution is -0.143. The van der Waals surface area contributed by atoms with Crippen LogP contribution in [-0.2, 0) is 19.6 Å². The van der Waals surface area contributed by atoms with Gasteiger partial charge in [-0.3, -0.25) is 13.9 Å². The fourth-order valence-corrected chi connectivity index (χ4v) is 4.84. The molecule has 0 bridgehead atoms. The van der Waals surface area contributed by atoms with E-state index in [0.717, 1.165) is 5.56 Å². The SMILES string of the molecule is CCOC(=O)CC(NC(=O)c1ccc(N2CCCS2(=O)=O)cc1)c1ccccc1. The molecule has 0 spiro atoms. The van der Waals surface area contributed by atoms with Crippen molar-refractivity contribution in [2.75, 3.05) is 23.2 Å². The minimum atomic E-state index is -3.27. The molecule has 2 aromatic carbocycles. The van der Waals surface area contributed by atoms with Crippen molar-refractivity contribution in [2.45, 2.75) is 25.8 Å². The number of hydrogen-bond acceptors (Lipinski definition) is 5. The standard InChI is InChI=1S/C21H24N2O5S/c1-2-28-20(24)15-19(16-7-4-3-5-8-16)22-21(25)17-9-11-18(12-10-17)23-13-6-14-29(23,26)27/h3-5,7-12,19H,2,6,13-15H2,1H3,(H,22,25). The van der Waals surface area contributed by atoms with Crippen LogP contribution in [0.15, 0.2) is 54.6 Å². The van der Waals surface area contributed by atoms with Crippen molar-refractivity contribution in [2.24, 2.45) is 0 Å². The van der Waals surface area contributed by atoms with Gasteiger partial charge in [0.05, 0.1) is 30.5 Å². The molecule has 1 amide bonds. The predicted octanol–water partition coefficient (Wildman–Crippen LogP) is 2.65. The fraction of sp³-hybridized carbons (Fsp3) is 0.333. The largest absolute Gasteiger partial charge is 0.466 e. The zero-order valence-corrected chi connectivity index (χ0v) is 17.0. The van der Waals surface area contributed by atoms with E-state index in [1.165, 1.54) is 4.31 Å². The summed E-state index contributed by atoms with van der Waals surface area (Å²) in [5.41, 5.74) is 1.73. The molecule has 2 aromatic rings. The first-order chi connectivity index (χ1) is 13.9. The number of benzene rings is 2. The average molecular weight is 416 g/mol. The first-order valence-electron chi connectivity index (χ1n) is 9.52. The third-order valence-corrected chi connectivity index (χ3v) is 6.57. The van der Waals surface area contributed by atoms with Crippen molar-refractivity contribution in [3.63, 3.8) is 0 Å². The van der Waals surface area contributed by atoms with Gasteiger partial charge >= 0.3 is 5.97 Å². The van der Waals surface area contributed by atoms with Crippen LogP contribution in [0.3, 0.4) is 0 Å². The normalized spacial score (nSPS) is 16.2. The molecular formula is C21H24N2O5S. The van der Waals surface area contributed by atoms with E-state index in [0.29, 0.717) is 24.2 Å². The molecule has 1 atom stereocenters. The maximum atomic E-state index is 12.7. The van der Waals surface area contributed by atoms with E-state index in [9.17, 15) is 18.0 Å². The number of esters is 1. The van der Waals surface area contributed by atoms with Crippen LogP contribution < -0.4 is 9.62 Å². The predicted molar refractivity (Wildman–Crippen MR) is 110 cm³/mol. The zero-order valence-electron chi connectivity index (χ0n) is 16.2. The van der Waals surface area contributed by atoms with Gasteiger partial charge in [-0.15, -0.1) is 0 Å². The number of anilines is 1. The van der Waals surface area contributed by atoms with Gasteiger partial charge in [0.1, 0.15) is 0 Å². The third-order valence-electron chi connectivity index (χ3n) is 4.70. The van der Waals surface area contributed by atoms with Gasteiger partial charge in [-0.25, -0.2) is 8.42 Å². The lowest BCUT2D eigenvalue weighted by Gasteiger charge is -2.19. The number of nitrogens with one attached hydrogen (secondary N) is 1. The number of ether oxygens (including phenoxy) is 1. The lowest BCUT2D eigenvalue weighted by Crippen LogP contribution is -2.30. The van der Waals surface area contributed by atoms with E-state index in [-0.39, 0.29) is 24.7 Å². The fourth-order valence-electron chi connectivity index (χ4n) is 3.27. The van der Waals surface area contributed by atoms with E-state index in [1.807, 2.05) is 30.3 Å². The second-order valence-corrected chi connectivity index (χ2v) is 8.75. The lowest BCUT2D eigenvalue weighted by atomic mass is 10.0. The molecule has 1 fully saturated rings. The number of hydrogen-bond donors (Lipinski definition) is 1. The molecule has 1 N–H and O–H groups in total. The highest BCUT2D eigenvalue weighted by Crippen LogP contribution is 2.24. The van der Waals surface area contributed by atoms with Crippen molar-refractivity contribution in [3.8, 4) is 0 Å². The van der Waals surface area contributed by atoms with Crippen LogP contribution in [-0.4, -0.2) is 39.2 Å². The number of carbonyl (C=O) groups is 2. The molecule has 0 aliphatic carbocycles. The van der Waals surface area contributed by atoms with Crippen molar-refractivity contribution >= 4 is 27.6 Å². The summed E-state index contributed by atoms with van der Waals surface area (Å²) in [6.45, 7) is 2.45. The number of amides is 1. The quantitative estimate of drug-likeness (QED) is 0.701. The maximum absolute atomic E-state index is 12.7. The van der Waals surface area contributed by atoms with Gasteiger partial charge in [-0.05, 0) is 43.2 Å². The molecule has 154 valence electrons. The van der Waals surface area contributed by atoms with Crippen LogP contribution in [0.5, 0.6) is 0 Å². The minimum Gasteiger partial charge on any atom is -0.466 e. The van der Waals surface area contributed by atoms with Crippen molar-refractivity contribution in [1.29, 1.82) is 0 Å². The Kier molecular flexibility index (Phi) is 6.53. The van der Waals surface area contributed by atoms with Crippen LogP contribution in [0.1, 0.15) is 41.7 Å². The molecule has 1 heterocycles. The molecule has 7 nitrogen and oxygen atoms in total. The summed E-state index contributed by atoms with van der Waals surface area (Å²) in [7, 11) is -3.27. The Morgan fingerprint density at radius 2 is 1.79 bits per heavy atom. The van der Waals surface area contributed by atoms with Crippen LogP contribution >= 0.6 is 0 Å². The highest BCUT2D eigenvalue weighted by molar-refractivity contribution is 7.93. The highest BCUT2D eigenvalue weighted by atomic mass is 32.2. The molecule has 3 rings (SSSR count). The summed E-state index contributed by atoms with van der Waals surface area (Å²) in [5.74, 6) is -0.600. The molecular weight excluding hydrogens is 392 g/mol. The molecule has 1 aliphatic rings. The summed E-state index contributed by atoms with van der Waals surface area (Å²) >= 11 is 0. The first kappa shape index (κ1) is 20.9. The second kappa shape index (κ2) is 9.09. The molecule has 8 heteroatoms. The molecule has 0 radical (unpaired) electrons. The van der Waals surface area contributed by atoms with E-state index in [1.54, 1.807) is 31.2 Å². The monoisotopic (exact) mass is 416 g/mol. The van der Waals surface area contributed by atoms with Gasteiger partial charge in [-0.2, -0.15) is 0 Å². The Labute approximate surface area is 170 Å². The molecule has 1 aliphatic heterocycles. The average Bonchev–Trinajstić information content (AvgIpc) is 3.07. The zero-order chi connectivity index (χ0) is 20.9. The van der Waals surface area contributed by atoms with Gasteiger partial charge in [-0.1, -0.05) is 30.3 Å². The smallest absolute Gasteiger partial charge is 0.308 e. The maximum Gasteiger partial charge on any atom is 0.308 e. The van der Waals surface area contributed by atoms with E-state index in [4.69, 9.17) is 4.74 Å². The Balaban J connectivity index is 1.74. The minimum absolute atomic E-state index is 0.0215. The molecule has 1 saturated heterocycles. The van der Waals surface area contributed by atoms with E-state index >= 15 is 0 Å². The van der Waals surface area contributed by atoms with Gasteiger partial charge in [0.15, 0.2) is 0 Å². The topological polar surface area (TPSA) is 92.8 Å².